The van der Waals surface area contributed by atoms with Crippen molar-refractivity contribution < 1.29 is 4.74 Å². The number of hydrogen-bond donors (Lipinski definition) is 3. The smallest absolute Gasteiger partial charge is 0.232 e. The molecule has 3 aromatic rings. The number of nitrogens with one attached hydrogen (secondary N) is 3. The highest BCUT2D eigenvalue weighted by Gasteiger charge is 2.54. The number of ether oxygens (including phenoxy) is 1. The molecule has 0 amide bonds. The fourth-order valence-corrected chi connectivity index (χ4v) is 3.53. The molecule has 1 aliphatic carbocycles. The van der Waals surface area contributed by atoms with E-state index in [-0.39, 0.29) is 6.10 Å². The van der Waals surface area contributed by atoms with E-state index >= 15 is 0 Å². The van der Waals surface area contributed by atoms with Crippen molar-refractivity contribution in [1.82, 2.24) is 30.0 Å². The van der Waals surface area contributed by atoms with Crippen molar-refractivity contribution in [3.8, 4) is 5.88 Å². The number of fused-ring (bicyclic) bond motifs is 1. The van der Waals surface area contributed by atoms with E-state index in [1.165, 1.54) is 12.8 Å². The summed E-state index contributed by atoms with van der Waals surface area (Å²) in [7, 11) is 0. The number of rotatable bonds is 5. The summed E-state index contributed by atoms with van der Waals surface area (Å²) in [5.74, 6) is 1.15. The fraction of sp³-hybridized carbons (Fsp3) is 0.471. The highest BCUT2D eigenvalue weighted by atomic mass is 16.5. The first kappa shape index (κ1) is 14.7. The minimum Gasteiger partial charge on any atom is -0.472 e. The number of aromatic amines is 1. The molecule has 5 rings (SSSR count). The molecule has 25 heavy (non-hydrogen) atoms. The zero-order valence-electron chi connectivity index (χ0n) is 14.1. The van der Waals surface area contributed by atoms with Crippen molar-refractivity contribution in [2.75, 3.05) is 18.4 Å². The summed E-state index contributed by atoms with van der Waals surface area (Å²) in [6.07, 6.45) is 8.21. The number of anilines is 2. The van der Waals surface area contributed by atoms with Gasteiger partial charge in [-0.3, -0.25) is 4.68 Å². The number of aromatic nitrogens is 5. The molecule has 1 saturated heterocycles. The van der Waals surface area contributed by atoms with E-state index in [1.54, 1.807) is 6.20 Å². The first-order chi connectivity index (χ1) is 12.3. The predicted octanol–water partition coefficient (Wildman–Crippen LogP) is 2.05. The third-order valence-electron chi connectivity index (χ3n) is 5.23. The molecule has 8 heteroatoms. The van der Waals surface area contributed by atoms with E-state index in [1.807, 2.05) is 30.1 Å². The van der Waals surface area contributed by atoms with E-state index in [2.05, 4.69) is 30.7 Å². The lowest BCUT2D eigenvalue weighted by Gasteiger charge is -2.19. The van der Waals surface area contributed by atoms with E-state index in [9.17, 15) is 0 Å². The monoisotopic (exact) mass is 339 g/mol. The molecule has 1 atom stereocenters. The summed E-state index contributed by atoms with van der Waals surface area (Å²) in [4.78, 5) is 12.3. The van der Waals surface area contributed by atoms with Gasteiger partial charge in [-0.25, -0.2) is 0 Å². The topological polar surface area (TPSA) is 92.7 Å². The van der Waals surface area contributed by atoms with Crippen LogP contribution < -0.4 is 15.4 Å². The Kier molecular flexibility index (Phi) is 3.21. The van der Waals surface area contributed by atoms with Crippen LogP contribution in [0, 0.1) is 5.41 Å². The number of hydrogen-bond acceptors (Lipinski definition) is 6. The van der Waals surface area contributed by atoms with Crippen LogP contribution in [0.4, 0.5) is 11.6 Å². The molecule has 4 heterocycles. The molecule has 2 fully saturated rings. The quantitative estimate of drug-likeness (QED) is 0.659. The number of nitrogens with zero attached hydrogens (tertiary/aromatic N) is 4. The first-order valence-electron chi connectivity index (χ1n) is 8.78. The molecule has 0 radical (unpaired) electrons. The molecule has 130 valence electrons. The molecule has 8 nitrogen and oxygen atoms in total. The predicted molar refractivity (Wildman–Crippen MR) is 94.0 cm³/mol. The molecule has 3 aromatic heterocycles. The second-order valence-electron chi connectivity index (χ2n) is 6.90. The molecular formula is C17H21N7O. The van der Waals surface area contributed by atoms with Gasteiger partial charge in [-0.2, -0.15) is 15.1 Å². The maximum absolute atomic E-state index is 6.33. The summed E-state index contributed by atoms with van der Waals surface area (Å²) in [6.45, 7) is 4.79. The zero-order valence-corrected chi connectivity index (χ0v) is 14.1. The van der Waals surface area contributed by atoms with Gasteiger partial charge in [0.1, 0.15) is 11.8 Å². The Morgan fingerprint density at radius 1 is 1.40 bits per heavy atom. The van der Waals surface area contributed by atoms with Crippen molar-refractivity contribution in [1.29, 1.82) is 0 Å². The third-order valence-corrected chi connectivity index (χ3v) is 5.23. The summed E-state index contributed by atoms with van der Waals surface area (Å²) >= 11 is 0. The van der Waals surface area contributed by atoms with Crippen molar-refractivity contribution >= 4 is 22.7 Å². The molecule has 1 unspecified atom stereocenters. The van der Waals surface area contributed by atoms with Crippen LogP contribution in [0.5, 0.6) is 5.88 Å². The Labute approximate surface area is 145 Å². The first-order valence-corrected chi connectivity index (χ1v) is 8.78. The van der Waals surface area contributed by atoms with Gasteiger partial charge in [0, 0.05) is 37.4 Å². The van der Waals surface area contributed by atoms with Gasteiger partial charge in [-0.1, -0.05) is 0 Å². The molecule has 1 aliphatic heterocycles. The number of H-pyrrole nitrogens is 1. The molecule has 1 spiro atoms. The maximum Gasteiger partial charge on any atom is 0.232 e. The van der Waals surface area contributed by atoms with Crippen LogP contribution in [0.25, 0.3) is 11.0 Å². The van der Waals surface area contributed by atoms with Gasteiger partial charge in [0.25, 0.3) is 0 Å². The van der Waals surface area contributed by atoms with Gasteiger partial charge in [0.05, 0.1) is 17.3 Å². The minimum atomic E-state index is 0.177. The lowest BCUT2D eigenvalue weighted by atomic mass is 10.0. The van der Waals surface area contributed by atoms with Crippen molar-refractivity contribution in [3.63, 3.8) is 0 Å². The Morgan fingerprint density at radius 2 is 2.32 bits per heavy atom. The van der Waals surface area contributed by atoms with Gasteiger partial charge < -0.3 is 20.4 Å². The van der Waals surface area contributed by atoms with Crippen LogP contribution in [0.1, 0.15) is 19.8 Å². The molecule has 0 bridgehead atoms. The van der Waals surface area contributed by atoms with Crippen LogP contribution >= 0.6 is 0 Å². The lowest BCUT2D eigenvalue weighted by molar-refractivity contribution is 0.157. The summed E-state index contributed by atoms with van der Waals surface area (Å²) in [5.41, 5.74) is 1.94. The molecule has 0 aromatic carbocycles. The normalized spacial score (nSPS) is 21.1. The summed E-state index contributed by atoms with van der Waals surface area (Å²) in [5, 5.41) is 11.9. The highest BCUT2D eigenvalue weighted by molar-refractivity contribution is 5.82. The van der Waals surface area contributed by atoms with E-state index in [4.69, 9.17) is 4.74 Å². The van der Waals surface area contributed by atoms with Crippen LogP contribution in [0.3, 0.4) is 0 Å². The SMILES string of the molecule is CCn1cc(Nc2nc(OC3CNCC34CC4)c3cc[nH]c3n2)cn1. The second-order valence-corrected chi connectivity index (χ2v) is 6.90. The van der Waals surface area contributed by atoms with Gasteiger partial charge >= 0.3 is 0 Å². The zero-order chi connectivity index (χ0) is 16.9. The van der Waals surface area contributed by atoms with Gasteiger partial charge in [0.2, 0.25) is 11.8 Å². The Balaban J connectivity index is 1.46. The van der Waals surface area contributed by atoms with E-state index in [0.717, 1.165) is 36.4 Å². The van der Waals surface area contributed by atoms with Crippen molar-refractivity contribution in [3.05, 3.63) is 24.7 Å². The van der Waals surface area contributed by atoms with Gasteiger partial charge in [0.15, 0.2) is 0 Å². The molecular weight excluding hydrogens is 318 g/mol. The van der Waals surface area contributed by atoms with Gasteiger partial charge in [-0.05, 0) is 25.8 Å². The lowest BCUT2D eigenvalue weighted by Crippen LogP contribution is -2.27. The summed E-state index contributed by atoms with van der Waals surface area (Å²) < 4.78 is 8.19. The summed E-state index contributed by atoms with van der Waals surface area (Å²) in [6, 6.07) is 1.96. The van der Waals surface area contributed by atoms with Crippen molar-refractivity contribution in [2.45, 2.75) is 32.4 Å². The van der Waals surface area contributed by atoms with Crippen LogP contribution in [-0.2, 0) is 6.54 Å². The Bertz CT molecular complexity index is 911. The third kappa shape index (κ3) is 2.53. The fourth-order valence-electron chi connectivity index (χ4n) is 3.53. The largest absolute Gasteiger partial charge is 0.472 e. The Hall–Kier alpha value is -2.61. The molecule has 2 aliphatic rings. The highest BCUT2D eigenvalue weighted by Crippen LogP contribution is 2.51. The van der Waals surface area contributed by atoms with E-state index < -0.39 is 0 Å². The average molecular weight is 339 g/mol. The van der Waals surface area contributed by atoms with Crippen LogP contribution in [0.15, 0.2) is 24.7 Å². The van der Waals surface area contributed by atoms with Crippen LogP contribution in [0.2, 0.25) is 0 Å². The van der Waals surface area contributed by atoms with Gasteiger partial charge in [-0.15, -0.1) is 0 Å². The average Bonchev–Trinajstić information content (AvgIpc) is 2.96. The maximum atomic E-state index is 6.33. The molecule has 1 saturated carbocycles. The van der Waals surface area contributed by atoms with Crippen molar-refractivity contribution in [2.24, 2.45) is 5.41 Å². The number of aryl methyl sites for hydroxylation is 1. The van der Waals surface area contributed by atoms with E-state index in [0.29, 0.717) is 17.2 Å². The molecule has 3 N–H and O–H groups in total. The second kappa shape index (κ2) is 5.45. The standard InChI is InChI=1S/C17H21N7O/c1-2-24-9-11(7-20-24)21-16-22-14-12(3-6-19-14)15(23-16)25-13-8-18-10-17(13)4-5-17/h3,6-7,9,13,18H,2,4-5,8,10H2,1H3,(H2,19,21,22,23). The Morgan fingerprint density at radius 3 is 3.12 bits per heavy atom. The minimum absolute atomic E-state index is 0.177. The van der Waals surface area contributed by atoms with Crippen LogP contribution in [-0.4, -0.2) is 43.9 Å².